The van der Waals surface area contributed by atoms with Gasteiger partial charge in [-0.25, -0.2) is 26.9 Å². The monoisotopic (exact) mass is 944 g/mol. The summed E-state index contributed by atoms with van der Waals surface area (Å²) < 4.78 is 62.3. The second-order valence-corrected chi connectivity index (χ2v) is 20.4. The van der Waals surface area contributed by atoms with E-state index >= 15 is 0 Å². The maximum atomic E-state index is 14.0. The van der Waals surface area contributed by atoms with Gasteiger partial charge in [-0.1, -0.05) is 43.2 Å². The lowest BCUT2D eigenvalue weighted by atomic mass is 9.72. The SMILES string of the molecule is CC1(C)CCC(CN2CCN(c3ccc(C(=O)NS(=O)(=O)c4ccc(NCC5CCN(C(CF)CF)CC5)c([N+](=O)[O-])c4)c(Oc4cnc5[nH]ccc5c4)c3)CC2)=C(c2ccc(Cl)cc2)C1. The number of carbonyl (C=O) groups is 1. The van der Waals surface area contributed by atoms with E-state index in [2.05, 4.69) is 55.8 Å². The quantitative estimate of drug-likeness (QED) is 0.0638. The molecule has 8 rings (SSSR count). The summed E-state index contributed by atoms with van der Waals surface area (Å²) in [4.78, 5) is 38.9. The lowest BCUT2D eigenvalue weighted by Crippen LogP contribution is -2.47. The molecule has 18 heteroatoms. The molecule has 4 heterocycles. The summed E-state index contributed by atoms with van der Waals surface area (Å²) in [5.41, 5.74) is 5.26. The number of sulfonamides is 1. The van der Waals surface area contributed by atoms with Crippen LogP contribution in [0.25, 0.3) is 16.6 Å². The van der Waals surface area contributed by atoms with Crippen LogP contribution in [0.15, 0.2) is 95.7 Å². The molecule has 0 spiro atoms. The molecular formula is C48H55ClF2N8O6S. The average molecular weight is 946 g/mol. The number of ether oxygens (including phenoxy) is 1. The van der Waals surface area contributed by atoms with Crippen molar-refractivity contribution in [2.45, 2.75) is 56.9 Å². The number of nitrogens with zero attached hydrogens (tertiary/aromatic N) is 5. The number of rotatable bonds is 16. The molecule has 2 aromatic heterocycles. The number of pyridine rings is 1. The minimum atomic E-state index is -4.62. The number of carbonyl (C=O) groups excluding carboxylic acids is 1. The first-order chi connectivity index (χ1) is 31.7. The van der Waals surface area contributed by atoms with Gasteiger partial charge in [0.05, 0.1) is 27.6 Å². The van der Waals surface area contributed by atoms with Gasteiger partial charge < -0.3 is 19.9 Å². The number of aromatic amines is 1. The summed E-state index contributed by atoms with van der Waals surface area (Å²) in [6.45, 7) is 8.34. The first kappa shape index (κ1) is 46.9. The first-order valence-electron chi connectivity index (χ1n) is 22.3. The van der Waals surface area contributed by atoms with E-state index in [1.807, 2.05) is 18.2 Å². The fourth-order valence-electron chi connectivity index (χ4n) is 9.21. The number of piperazine rings is 1. The Morgan fingerprint density at radius 2 is 1.74 bits per heavy atom. The predicted octanol–water partition coefficient (Wildman–Crippen LogP) is 9.25. The molecule has 2 aliphatic heterocycles. The predicted molar refractivity (Wildman–Crippen MR) is 254 cm³/mol. The molecule has 0 radical (unpaired) electrons. The number of fused-ring (bicyclic) bond motifs is 1. The third-order valence-corrected chi connectivity index (χ3v) is 14.7. The Labute approximate surface area is 388 Å². The van der Waals surface area contributed by atoms with Crippen LogP contribution in [0.4, 0.5) is 25.8 Å². The maximum Gasteiger partial charge on any atom is 0.293 e. The van der Waals surface area contributed by atoms with Crippen LogP contribution in [0.5, 0.6) is 11.5 Å². The van der Waals surface area contributed by atoms with E-state index in [1.54, 1.807) is 29.3 Å². The molecule has 350 valence electrons. The molecule has 3 aromatic carbocycles. The molecule has 2 saturated heterocycles. The standard InChI is InChI=1S/C48H55ClF2N8O6S/c1-48(2)15-11-35(42(26-48)33-3-5-36(49)6-4-33)31-56-19-21-58(22-20-56)37-7-9-41(45(24-37)65-39-23-34-12-16-52-46(34)54-30-39)47(60)55-66(63,64)40-8-10-43(44(25-40)59(61)62)53-29-32-13-17-57(18-14-32)38(27-50)28-51/h3-10,12,16,23-25,30,32,38,53H,11,13-15,17-22,26-29,31H2,1-2H3,(H,52,54)(H,55,60). The van der Waals surface area contributed by atoms with Gasteiger partial charge in [-0.2, -0.15) is 0 Å². The minimum Gasteiger partial charge on any atom is -0.455 e. The van der Waals surface area contributed by atoms with Gasteiger partial charge in [0.1, 0.15) is 36.2 Å². The van der Waals surface area contributed by atoms with Gasteiger partial charge in [-0.15, -0.1) is 0 Å². The third kappa shape index (κ3) is 11.0. The highest BCUT2D eigenvalue weighted by molar-refractivity contribution is 7.90. The Kier molecular flexibility index (Phi) is 14.3. The largest absolute Gasteiger partial charge is 0.455 e. The van der Waals surface area contributed by atoms with Crippen LogP contribution in [-0.4, -0.2) is 111 Å². The van der Waals surface area contributed by atoms with E-state index in [0.717, 1.165) is 61.1 Å². The van der Waals surface area contributed by atoms with Gasteiger partial charge in [-0.3, -0.25) is 24.7 Å². The molecule has 66 heavy (non-hydrogen) atoms. The molecule has 3 N–H and O–H groups in total. The fourth-order valence-corrected chi connectivity index (χ4v) is 10.3. The number of hydrogen-bond acceptors (Lipinski definition) is 11. The lowest BCUT2D eigenvalue weighted by molar-refractivity contribution is -0.384. The van der Waals surface area contributed by atoms with Crippen molar-refractivity contribution >= 4 is 61.2 Å². The number of H-pyrrole nitrogens is 1. The molecule has 0 bridgehead atoms. The van der Waals surface area contributed by atoms with Crippen molar-refractivity contribution < 1.29 is 31.7 Å². The molecule has 5 aromatic rings. The number of nitrogens with one attached hydrogen (secondary N) is 3. The van der Waals surface area contributed by atoms with Gasteiger partial charge in [0, 0.05) is 73.7 Å². The molecule has 1 aliphatic carbocycles. The third-order valence-electron chi connectivity index (χ3n) is 13.1. The zero-order chi connectivity index (χ0) is 46.6. The average Bonchev–Trinajstić information content (AvgIpc) is 3.78. The van der Waals surface area contributed by atoms with Crippen LogP contribution in [-0.2, 0) is 10.0 Å². The van der Waals surface area contributed by atoms with Gasteiger partial charge in [0.15, 0.2) is 0 Å². The highest BCUT2D eigenvalue weighted by Crippen LogP contribution is 2.43. The molecule has 1 amide bonds. The van der Waals surface area contributed by atoms with Crippen LogP contribution in [0, 0.1) is 21.4 Å². The number of nitro groups is 1. The second-order valence-electron chi connectivity index (χ2n) is 18.3. The van der Waals surface area contributed by atoms with Crippen molar-refractivity contribution in [1.82, 2.24) is 24.5 Å². The number of nitro benzene ring substituents is 1. The molecule has 3 aliphatic rings. The fraction of sp³-hybridized carbons (Fsp3) is 0.417. The number of aromatic nitrogens is 2. The second kappa shape index (κ2) is 20.1. The summed E-state index contributed by atoms with van der Waals surface area (Å²) in [7, 11) is -4.62. The molecule has 0 atom stereocenters. The van der Waals surface area contributed by atoms with Crippen LogP contribution >= 0.6 is 11.6 Å². The Balaban J connectivity index is 0.974. The lowest BCUT2D eigenvalue weighted by Gasteiger charge is -2.39. The molecule has 14 nitrogen and oxygen atoms in total. The highest BCUT2D eigenvalue weighted by Gasteiger charge is 2.31. The number of hydrogen-bond donors (Lipinski definition) is 3. The molecule has 0 saturated carbocycles. The van der Waals surface area contributed by atoms with E-state index in [-0.39, 0.29) is 28.3 Å². The first-order valence-corrected chi connectivity index (χ1v) is 24.2. The van der Waals surface area contributed by atoms with Gasteiger partial charge in [-0.05, 0) is 116 Å². The van der Waals surface area contributed by atoms with Crippen LogP contribution in [0.2, 0.25) is 5.02 Å². The van der Waals surface area contributed by atoms with E-state index in [1.165, 1.54) is 41.1 Å². The van der Waals surface area contributed by atoms with Gasteiger partial charge in [0.2, 0.25) is 0 Å². The van der Waals surface area contributed by atoms with Gasteiger partial charge in [0.25, 0.3) is 21.6 Å². The zero-order valence-corrected chi connectivity index (χ0v) is 38.6. The number of piperidine rings is 1. The Hall–Kier alpha value is -5.62. The van der Waals surface area contributed by atoms with Crippen LogP contribution in [0.3, 0.4) is 0 Å². The Morgan fingerprint density at radius 1 is 1.00 bits per heavy atom. The van der Waals surface area contributed by atoms with E-state index in [4.69, 9.17) is 16.3 Å². The summed E-state index contributed by atoms with van der Waals surface area (Å²) in [5, 5.41) is 16.8. The molecular weight excluding hydrogens is 890 g/mol. The maximum absolute atomic E-state index is 14.0. The Bertz CT molecular complexity index is 2700. The Morgan fingerprint density at radius 3 is 2.45 bits per heavy atom. The van der Waals surface area contributed by atoms with Crippen molar-refractivity contribution in [3.63, 3.8) is 0 Å². The molecule has 0 unspecified atom stereocenters. The van der Waals surface area contributed by atoms with Crippen LogP contribution in [0.1, 0.15) is 61.9 Å². The highest BCUT2D eigenvalue weighted by atomic mass is 35.5. The number of amides is 1. The van der Waals surface area contributed by atoms with Crippen molar-refractivity contribution in [1.29, 1.82) is 0 Å². The normalized spacial score (nSPS) is 17.6. The number of halogens is 3. The van der Waals surface area contributed by atoms with Crippen molar-refractivity contribution in [2.75, 3.05) is 75.9 Å². The van der Waals surface area contributed by atoms with Crippen molar-refractivity contribution in [2.24, 2.45) is 11.3 Å². The smallest absolute Gasteiger partial charge is 0.293 e. The van der Waals surface area contributed by atoms with E-state index in [9.17, 15) is 32.1 Å². The summed E-state index contributed by atoms with van der Waals surface area (Å²) in [6, 6.07) is 19.4. The number of allylic oxidation sites excluding steroid dienone is 1. The van der Waals surface area contributed by atoms with Crippen molar-refractivity contribution in [3.8, 4) is 11.5 Å². The van der Waals surface area contributed by atoms with Crippen LogP contribution < -0.4 is 19.7 Å². The summed E-state index contributed by atoms with van der Waals surface area (Å²) in [6.07, 6.45) is 7.69. The number of anilines is 2. The zero-order valence-electron chi connectivity index (χ0n) is 37.1. The van der Waals surface area contributed by atoms with E-state index in [0.29, 0.717) is 57.0 Å². The summed E-state index contributed by atoms with van der Waals surface area (Å²) in [5.74, 6) is -0.475. The summed E-state index contributed by atoms with van der Waals surface area (Å²) >= 11 is 6.24. The van der Waals surface area contributed by atoms with Crippen molar-refractivity contribution in [3.05, 3.63) is 117 Å². The topological polar surface area (TPSA) is 166 Å². The number of benzene rings is 3. The minimum absolute atomic E-state index is 0.0693. The van der Waals surface area contributed by atoms with Gasteiger partial charge >= 0.3 is 0 Å². The molecule has 2 fully saturated rings. The number of alkyl halides is 2. The number of likely N-dealkylation sites (tertiary alicyclic amines) is 1. The van der Waals surface area contributed by atoms with E-state index < -0.39 is 50.8 Å².